The van der Waals surface area contributed by atoms with Crippen LogP contribution >= 0.6 is 0 Å². The lowest BCUT2D eigenvalue weighted by molar-refractivity contribution is -0.126. The molecule has 1 saturated carbocycles. The minimum absolute atomic E-state index is 0.104. The van der Waals surface area contributed by atoms with Crippen molar-refractivity contribution in [2.24, 2.45) is 0 Å². The summed E-state index contributed by atoms with van der Waals surface area (Å²) >= 11 is 0. The predicted molar refractivity (Wildman–Crippen MR) is 97.9 cm³/mol. The van der Waals surface area contributed by atoms with Gasteiger partial charge in [-0.1, -0.05) is 37.1 Å². The molecule has 0 radical (unpaired) electrons. The lowest BCUT2D eigenvalue weighted by Gasteiger charge is -2.28. The number of amides is 1. The molecule has 2 aromatic carbocycles. The second-order valence-electron chi connectivity index (χ2n) is 6.90. The quantitative estimate of drug-likeness (QED) is 0.872. The van der Waals surface area contributed by atoms with E-state index in [0.29, 0.717) is 19.4 Å². The maximum atomic E-state index is 13.7. The van der Waals surface area contributed by atoms with E-state index in [0.717, 1.165) is 30.2 Å². The average molecular weight is 375 g/mol. The van der Waals surface area contributed by atoms with Gasteiger partial charge in [-0.25, -0.2) is 12.8 Å². The summed E-state index contributed by atoms with van der Waals surface area (Å²) in [4.78, 5) is 13.2. The minimum Gasteiger partial charge on any atom is -0.351 e. The Labute approximate surface area is 153 Å². The second-order valence-corrected chi connectivity index (χ2v) is 8.91. The molecule has 6 heteroatoms. The zero-order valence-corrected chi connectivity index (χ0v) is 15.5. The second kappa shape index (κ2) is 7.19. The van der Waals surface area contributed by atoms with Crippen molar-refractivity contribution in [3.63, 3.8) is 0 Å². The molecule has 1 amide bonds. The zero-order valence-electron chi connectivity index (χ0n) is 14.7. The molecular formula is C20H22FNO3S. The van der Waals surface area contributed by atoms with Crippen molar-refractivity contribution >= 4 is 15.7 Å². The molecule has 0 aromatic heterocycles. The van der Waals surface area contributed by atoms with Crippen molar-refractivity contribution < 1.29 is 17.6 Å². The summed E-state index contributed by atoms with van der Waals surface area (Å²) in [5.74, 6) is -0.439. The molecule has 0 atom stereocenters. The van der Waals surface area contributed by atoms with Gasteiger partial charge >= 0.3 is 0 Å². The molecule has 1 N–H and O–H groups in total. The standard InChI is InChI=1S/C20H22FNO3S/c1-26(24,25)18-9-7-15(8-10-18)14-22-19(23)20(11-2-3-12-20)16-5-4-6-17(21)13-16/h4-10,13H,2-3,11-12,14H2,1H3,(H,22,23). The van der Waals surface area contributed by atoms with Crippen molar-refractivity contribution in [1.82, 2.24) is 5.32 Å². The Balaban J connectivity index is 1.75. The maximum absolute atomic E-state index is 13.7. The van der Waals surface area contributed by atoms with Crippen LogP contribution in [0.5, 0.6) is 0 Å². The number of hydrogen-bond donors (Lipinski definition) is 1. The lowest BCUT2D eigenvalue weighted by Crippen LogP contribution is -2.42. The maximum Gasteiger partial charge on any atom is 0.230 e. The van der Waals surface area contributed by atoms with E-state index in [1.54, 1.807) is 18.2 Å². The first-order valence-corrected chi connectivity index (χ1v) is 10.5. The van der Waals surface area contributed by atoms with Crippen LogP contribution in [0.1, 0.15) is 36.8 Å². The van der Waals surface area contributed by atoms with Gasteiger partial charge in [0, 0.05) is 12.8 Å². The fourth-order valence-corrected chi connectivity index (χ4v) is 4.25. The number of halogens is 1. The molecular weight excluding hydrogens is 353 g/mol. The van der Waals surface area contributed by atoms with Crippen LogP contribution in [0, 0.1) is 5.82 Å². The Hall–Kier alpha value is -2.21. The molecule has 4 nitrogen and oxygen atoms in total. The number of nitrogens with one attached hydrogen (secondary N) is 1. The molecule has 0 aliphatic heterocycles. The van der Waals surface area contributed by atoms with Crippen molar-refractivity contribution in [2.75, 3.05) is 6.26 Å². The van der Waals surface area contributed by atoms with Gasteiger partial charge in [0.2, 0.25) is 5.91 Å². The van der Waals surface area contributed by atoms with Crippen molar-refractivity contribution in [3.8, 4) is 0 Å². The third-order valence-corrected chi connectivity index (χ3v) is 6.20. The smallest absolute Gasteiger partial charge is 0.230 e. The van der Waals surface area contributed by atoms with Gasteiger partial charge in [0.05, 0.1) is 10.3 Å². The summed E-state index contributed by atoms with van der Waals surface area (Å²) in [5.41, 5.74) is 0.854. The van der Waals surface area contributed by atoms with Crippen LogP contribution in [0.4, 0.5) is 4.39 Å². The van der Waals surface area contributed by atoms with Gasteiger partial charge in [0.1, 0.15) is 5.82 Å². The van der Waals surface area contributed by atoms with Crippen LogP contribution in [-0.2, 0) is 26.6 Å². The molecule has 1 fully saturated rings. The highest BCUT2D eigenvalue weighted by Gasteiger charge is 2.42. The predicted octanol–water partition coefficient (Wildman–Crippen LogP) is 3.36. The summed E-state index contributed by atoms with van der Waals surface area (Å²) in [6.45, 7) is 0.305. The van der Waals surface area contributed by atoms with E-state index >= 15 is 0 Å². The van der Waals surface area contributed by atoms with Crippen molar-refractivity contribution in [2.45, 2.75) is 42.5 Å². The third-order valence-electron chi connectivity index (χ3n) is 5.07. The van der Waals surface area contributed by atoms with E-state index in [9.17, 15) is 17.6 Å². The number of carbonyl (C=O) groups excluding carboxylic acids is 1. The summed E-state index contributed by atoms with van der Waals surface area (Å²) in [6.07, 6.45) is 4.44. The highest BCUT2D eigenvalue weighted by molar-refractivity contribution is 7.90. The average Bonchev–Trinajstić information content (AvgIpc) is 3.10. The van der Waals surface area contributed by atoms with Gasteiger partial charge in [-0.15, -0.1) is 0 Å². The molecule has 0 spiro atoms. The summed E-state index contributed by atoms with van der Waals surface area (Å²) in [5, 5.41) is 2.95. The summed E-state index contributed by atoms with van der Waals surface area (Å²) in [7, 11) is -3.24. The molecule has 138 valence electrons. The molecule has 1 aliphatic carbocycles. The summed E-state index contributed by atoms with van der Waals surface area (Å²) in [6, 6.07) is 12.7. The Morgan fingerprint density at radius 3 is 2.35 bits per heavy atom. The number of carbonyl (C=O) groups is 1. The highest BCUT2D eigenvalue weighted by Crippen LogP contribution is 2.41. The monoisotopic (exact) mass is 375 g/mol. The van der Waals surface area contributed by atoms with Crippen LogP contribution < -0.4 is 5.32 Å². The normalized spacial score (nSPS) is 16.4. The van der Waals surface area contributed by atoms with Gasteiger partial charge in [-0.3, -0.25) is 4.79 Å². The van der Waals surface area contributed by atoms with Crippen LogP contribution in [0.2, 0.25) is 0 Å². The number of rotatable bonds is 5. The number of hydrogen-bond acceptors (Lipinski definition) is 3. The fraction of sp³-hybridized carbons (Fsp3) is 0.350. The Kier molecular flexibility index (Phi) is 5.14. The Morgan fingerprint density at radius 1 is 1.12 bits per heavy atom. The van der Waals surface area contributed by atoms with Crippen LogP contribution in [-0.4, -0.2) is 20.6 Å². The van der Waals surface area contributed by atoms with E-state index in [1.165, 1.54) is 24.3 Å². The topological polar surface area (TPSA) is 63.2 Å². The van der Waals surface area contributed by atoms with Crippen molar-refractivity contribution in [3.05, 3.63) is 65.5 Å². The van der Waals surface area contributed by atoms with E-state index in [-0.39, 0.29) is 16.6 Å². The SMILES string of the molecule is CS(=O)(=O)c1ccc(CNC(=O)C2(c3cccc(F)c3)CCCC2)cc1. The van der Waals surface area contributed by atoms with Gasteiger partial charge in [-0.05, 0) is 48.2 Å². The van der Waals surface area contributed by atoms with Crippen LogP contribution in [0.15, 0.2) is 53.4 Å². The Bertz CT molecular complexity index is 901. The molecule has 0 unspecified atom stereocenters. The summed E-state index contributed by atoms with van der Waals surface area (Å²) < 4.78 is 36.7. The Morgan fingerprint density at radius 2 is 1.77 bits per heavy atom. The van der Waals surface area contributed by atoms with Gasteiger partial charge in [-0.2, -0.15) is 0 Å². The molecule has 3 rings (SSSR count). The lowest BCUT2D eigenvalue weighted by atomic mass is 9.78. The first-order chi connectivity index (χ1) is 12.3. The van der Waals surface area contributed by atoms with Crippen LogP contribution in [0.25, 0.3) is 0 Å². The minimum atomic E-state index is -3.24. The molecule has 2 aromatic rings. The molecule has 1 aliphatic rings. The van der Waals surface area contributed by atoms with Gasteiger partial charge < -0.3 is 5.32 Å². The molecule has 0 bridgehead atoms. The third kappa shape index (κ3) is 3.80. The van der Waals surface area contributed by atoms with E-state index in [4.69, 9.17) is 0 Å². The van der Waals surface area contributed by atoms with E-state index in [1.807, 2.05) is 6.07 Å². The molecule has 26 heavy (non-hydrogen) atoms. The van der Waals surface area contributed by atoms with Gasteiger partial charge in [0.25, 0.3) is 0 Å². The largest absolute Gasteiger partial charge is 0.351 e. The van der Waals surface area contributed by atoms with E-state index < -0.39 is 15.3 Å². The van der Waals surface area contributed by atoms with E-state index in [2.05, 4.69) is 5.32 Å². The van der Waals surface area contributed by atoms with Crippen molar-refractivity contribution in [1.29, 1.82) is 0 Å². The first kappa shape index (κ1) is 18.6. The number of sulfone groups is 1. The number of benzene rings is 2. The first-order valence-electron chi connectivity index (χ1n) is 8.65. The fourth-order valence-electron chi connectivity index (χ4n) is 3.62. The molecule has 0 saturated heterocycles. The van der Waals surface area contributed by atoms with Crippen LogP contribution in [0.3, 0.4) is 0 Å². The highest BCUT2D eigenvalue weighted by atomic mass is 32.2. The van der Waals surface area contributed by atoms with Gasteiger partial charge in [0.15, 0.2) is 9.84 Å². The molecule has 0 heterocycles. The zero-order chi connectivity index (χ0) is 18.8.